The molecule has 0 amide bonds. The predicted octanol–water partition coefficient (Wildman–Crippen LogP) is 1.33. The number of aliphatic hydroxyl groups is 1. The van der Waals surface area contributed by atoms with Crippen LogP contribution in [0.15, 0.2) is 6.33 Å². The highest BCUT2D eigenvalue weighted by Crippen LogP contribution is 2.31. The van der Waals surface area contributed by atoms with Crippen molar-refractivity contribution in [3.8, 4) is 0 Å². The summed E-state index contributed by atoms with van der Waals surface area (Å²) in [6.45, 7) is 6.46. The van der Waals surface area contributed by atoms with Gasteiger partial charge >= 0.3 is 0 Å². The van der Waals surface area contributed by atoms with Gasteiger partial charge < -0.3 is 10.4 Å². The molecule has 0 radical (unpaired) electrons. The van der Waals surface area contributed by atoms with Gasteiger partial charge in [0.05, 0.1) is 12.1 Å². The average Bonchev–Trinajstić information content (AvgIpc) is 2.81. The fourth-order valence-corrected chi connectivity index (χ4v) is 2.57. The molecule has 1 aromatic rings. The van der Waals surface area contributed by atoms with Crippen molar-refractivity contribution in [2.45, 2.75) is 58.2 Å². The third-order valence-corrected chi connectivity index (χ3v) is 3.94. The number of hydrogen-bond acceptors (Lipinski definition) is 4. The molecule has 2 rings (SSSR count). The summed E-state index contributed by atoms with van der Waals surface area (Å²) in [5.41, 5.74) is -0.524. The van der Waals surface area contributed by atoms with Crippen LogP contribution in [0.3, 0.4) is 0 Å². The predicted molar refractivity (Wildman–Crippen MR) is 70.0 cm³/mol. The SMILES string of the molecule is CCn1ncnc1CNCC1(O)CCC(C)CC1. The highest BCUT2D eigenvalue weighted by atomic mass is 16.3. The second kappa shape index (κ2) is 5.80. The standard InChI is InChI=1S/C13H24N4O/c1-3-17-12(15-10-16-17)8-14-9-13(18)6-4-11(2)5-7-13/h10-11,14,18H,3-9H2,1-2H3. The van der Waals surface area contributed by atoms with Gasteiger partial charge in [-0.15, -0.1) is 0 Å². The maximum absolute atomic E-state index is 10.4. The molecule has 0 aromatic carbocycles. The highest BCUT2D eigenvalue weighted by Gasteiger charge is 2.31. The molecular formula is C13H24N4O. The minimum absolute atomic E-state index is 0.524. The van der Waals surface area contributed by atoms with E-state index in [1.165, 1.54) is 0 Å². The van der Waals surface area contributed by atoms with Crippen molar-refractivity contribution in [1.29, 1.82) is 0 Å². The van der Waals surface area contributed by atoms with E-state index in [0.29, 0.717) is 13.1 Å². The fraction of sp³-hybridized carbons (Fsp3) is 0.846. The quantitative estimate of drug-likeness (QED) is 0.830. The van der Waals surface area contributed by atoms with Crippen LogP contribution >= 0.6 is 0 Å². The Bertz CT molecular complexity index is 369. The van der Waals surface area contributed by atoms with Gasteiger partial charge in [0.1, 0.15) is 12.2 Å². The van der Waals surface area contributed by atoms with Gasteiger partial charge in [-0.05, 0) is 38.5 Å². The zero-order valence-electron chi connectivity index (χ0n) is 11.4. The summed E-state index contributed by atoms with van der Waals surface area (Å²) in [5, 5.41) is 17.9. The molecule has 0 atom stereocenters. The molecule has 5 heteroatoms. The Kier molecular flexibility index (Phi) is 4.35. The molecule has 2 N–H and O–H groups in total. The summed E-state index contributed by atoms with van der Waals surface area (Å²) >= 11 is 0. The third-order valence-electron chi connectivity index (χ3n) is 3.94. The Hall–Kier alpha value is -0.940. The largest absolute Gasteiger partial charge is 0.389 e. The Balaban J connectivity index is 1.78. The van der Waals surface area contributed by atoms with Crippen LogP contribution in [0, 0.1) is 5.92 Å². The molecule has 1 saturated carbocycles. The van der Waals surface area contributed by atoms with E-state index in [1.807, 2.05) is 11.6 Å². The van der Waals surface area contributed by atoms with E-state index in [-0.39, 0.29) is 0 Å². The van der Waals surface area contributed by atoms with Gasteiger partial charge in [-0.25, -0.2) is 9.67 Å². The third kappa shape index (κ3) is 3.29. The van der Waals surface area contributed by atoms with Crippen molar-refractivity contribution in [1.82, 2.24) is 20.1 Å². The highest BCUT2D eigenvalue weighted by molar-refractivity contribution is 4.89. The first kappa shape index (κ1) is 13.5. The van der Waals surface area contributed by atoms with Gasteiger partial charge in [0.15, 0.2) is 0 Å². The van der Waals surface area contributed by atoms with E-state index in [2.05, 4.69) is 22.3 Å². The molecule has 0 saturated heterocycles. The van der Waals surface area contributed by atoms with Crippen molar-refractivity contribution < 1.29 is 5.11 Å². The number of aromatic nitrogens is 3. The summed E-state index contributed by atoms with van der Waals surface area (Å²) in [5.74, 6) is 1.69. The normalized spacial score (nSPS) is 28.5. The molecular weight excluding hydrogens is 228 g/mol. The van der Waals surface area contributed by atoms with Gasteiger partial charge in [0.2, 0.25) is 0 Å². The van der Waals surface area contributed by atoms with Crippen LogP contribution in [0.2, 0.25) is 0 Å². The van der Waals surface area contributed by atoms with E-state index in [1.54, 1.807) is 6.33 Å². The molecule has 0 aliphatic heterocycles. The van der Waals surface area contributed by atoms with Crippen LogP contribution < -0.4 is 5.32 Å². The van der Waals surface area contributed by atoms with E-state index in [9.17, 15) is 5.11 Å². The fourth-order valence-electron chi connectivity index (χ4n) is 2.57. The molecule has 1 aromatic heterocycles. The van der Waals surface area contributed by atoms with E-state index in [4.69, 9.17) is 0 Å². The lowest BCUT2D eigenvalue weighted by Gasteiger charge is -2.35. The molecule has 0 spiro atoms. The number of aryl methyl sites for hydroxylation is 1. The van der Waals surface area contributed by atoms with Crippen molar-refractivity contribution in [3.63, 3.8) is 0 Å². The van der Waals surface area contributed by atoms with Gasteiger partial charge in [0.25, 0.3) is 0 Å². The molecule has 1 aliphatic carbocycles. The lowest BCUT2D eigenvalue weighted by atomic mass is 9.79. The van der Waals surface area contributed by atoms with Crippen LogP contribution in [0.25, 0.3) is 0 Å². The first-order chi connectivity index (χ1) is 8.63. The molecule has 18 heavy (non-hydrogen) atoms. The second-order valence-electron chi connectivity index (χ2n) is 5.50. The molecule has 0 unspecified atom stereocenters. The van der Waals surface area contributed by atoms with E-state index < -0.39 is 5.60 Å². The van der Waals surface area contributed by atoms with Crippen molar-refractivity contribution in [2.75, 3.05) is 6.54 Å². The average molecular weight is 252 g/mol. The van der Waals surface area contributed by atoms with Crippen molar-refractivity contribution in [2.24, 2.45) is 5.92 Å². The first-order valence-electron chi connectivity index (χ1n) is 6.93. The van der Waals surface area contributed by atoms with Gasteiger partial charge in [-0.1, -0.05) is 6.92 Å². The molecule has 5 nitrogen and oxygen atoms in total. The van der Waals surface area contributed by atoms with Crippen LogP contribution in [0.5, 0.6) is 0 Å². The first-order valence-corrected chi connectivity index (χ1v) is 6.93. The molecule has 0 bridgehead atoms. The Labute approximate surface area is 109 Å². The van der Waals surface area contributed by atoms with Crippen LogP contribution in [-0.4, -0.2) is 32.0 Å². The maximum atomic E-state index is 10.4. The minimum atomic E-state index is -0.524. The number of nitrogens with zero attached hydrogens (tertiary/aromatic N) is 3. The Morgan fingerprint density at radius 3 is 2.89 bits per heavy atom. The summed E-state index contributed by atoms with van der Waals surface area (Å²) in [6, 6.07) is 0. The number of hydrogen-bond donors (Lipinski definition) is 2. The van der Waals surface area contributed by atoms with Crippen LogP contribution in [-0.2, 0) is 13.1 Å². The van der Waals surface area contributed by atoms with Crippen LogP contribution in [0.1, 0.15) is 45.4 Å². The topological polar surface area (TPSA) is 63.0 Å². The number of nitrogens with one attached hydrogen (secondary N) is 1. The van der Waals surface area contributed by atoms with Crippen molar-refractivity contribution in [3.05, 3.63) is 12.2 Å². The van der Waals surface area contributed by atoms with Gasteiger partial charge in [0, 0.05) is 13.1 Å². The number of rotatable bonds is 5. The zero-order chi connectivity index (χ0) is 13.0. The monoisotopic (exact) mass is 252 g/mol. The molecule has 1 aliphatic rings. The Morgan fingerprint density at radius 1 is 1.50 bits per heavy atom. The molecule has 1 fully saturated rings. The maximum Gasteiger partial charge on any atom is 0.140 e. The van der Waals surface area contributed by atoms with Gasteiger partial charge in [-0.3, -0.25) is 0 Å². The summed E-state index contributed by atoms with van der Waals surface area (Å²) in [4.78, 5) is 4.21. The summed E-state index contributed by atoms with van der Waals surface area (Å²) < 4.78 is 1.87. The van der Waals surface area contributed by atoms with E-state index in [0.717, 1.165) is 44.0 Å². The second-order valence-corrected chi connectivity index (χ2v) is 5.50. The lowest BCUT2D eigenvalue weighted by molar-refractivity contribution is -0.00646. The summed E-state index contributed by atoms with van der Waals surface area (Å²) in [6.07, 6.45) is 5.65. The minimum Gasteiger partial charge on any atom is -0.389 e. The van der Waals surface area contributed by atoms with Gasteiger partial charge in [-0.2, -0.15) is 5.10 Å². The molecule has 102 valence electrons. The van der Waals surface area contributed by atoms with Crippen LogP contribution in [0.4, 0.5) is 0 Å². The zero-order valence-corrected chi connectivity index (χ0v) is 11.4. The Morgan fingerprint density at radius 2 is 2.22 bits per heavy atom. The summed E-state index contributed by atoms with van der Waals surface area (Å²) in [7, 11) is 0. The lowest BCUT2D eigenvalue weighted by Crippen LogP contribution is -2.43. The van der Waals surface area contributed by atoms with Crippen molar-refractivity contribution >= 4 is 0 Å². The smallest absolute Gasteiger partial charge is 0.140 e. The molecule has 1 heterocycles. The van der Waals surface area contributed by atoms with E-state index >= 15 is 0 Å².